The van der Waals surface area contributed by atoms with Gasteiger partial charge in [0.15, 0.2) is 5.82 Å². The van der Waals surface area contributed by atoms with Gasteiger partial charge in [0.2, 0.25) is 0 Å². The van der Waals surface area contributed by atoms with Gasteiger partial charge in [0.1, 0.15) is 12.7 Å². The maximum atomic E-state index is 13.5. The molecule has 5 rings (SSSR count). The molecule has 8 nitrogen and oxygen atoms in total. The molecular formula is C31H27N5O3. The molecule has 2 heterocycles. The van der Waals surface area contributed by atoms with Crippen LogP contribution in [0, 0.1) is 11.3 Å². The molecular weight excluding hydrogens is 490 g/mol. The van der Waals surface area contributed by atoms with Gasteiger partial charge < -0.3 is 4.74 Å². The number of hydrogen-bond donors (Lipinski definition) is 0. The number of benzene rings is 3. The highest BCUT2D eigenvalue weighted by Crippen LogP contribution is 2.26. The highest BCUT2D eigenvalue weighted by molar-refractivity contribution is 5.94. The van der Waals surface area contributed by atoms with E-state index in [-0.39, 0.29) is 17.9 Å². The Morgan fingerprint density at radius 1 is 1.00 bits per heavy atom. The number of pyridine rings is 1. The summed E-state index contributed by atoms with van der Waals surface area (Å²) in [4.78, 5) is 26.8. The zero-order chi connectivity index (χ0) is 27.5. The van der Waals surface area contributed by atoms with Crippen molar-refractivity contribution in [2.75, 3.05) is 0 Å². The molecule has 0 saturated heterocycles. The molecule has 0 aliphatic rings. The molecule has 0 fully saturated rings. The van der Waals surface area contributed by atoms with Crippen molar-refractivity contribution in [1.82, 2.24) is 18.9 Å². The van der Waals surface area contributed by atoms with Gasteiger partial charge >= 0.3 is 5.69 Å². The number of fused-ring (bicyclic) bond motifs is 1. The summed E-state index contributed by atoms with van der Waals surface area (Å²) >= 11 is 0. The fraction of sp³-hybridized carbons (Fsp3) is 0.161. The van der Waals surface area contributed by atoms with Gasteiger partial charge in [0.25, 0.3) is 5.56 Å². The summed E-state index contributed by atoms with van der Waals surface area (Å²) in [5.41, 5.74) is 3.36. The van der Waals surface area contributed by atoms with E-state index in [1.165, 1.54) is 9.25 Å². The van der Waals surface area contributed by atoms with Crippen LogP contribution in [0.3, 0.4) is 0 Å². The van der Waals surface area contributed by atoms with Crippen LogP contribution in [0.2, 0.25) is 0 Å². The molecule has 2 aromatic heterocycles. The molecule has 5 aromatic rings. The average molecular weight is 518 g/mol. The lowest BCUT2D eigenvalue weighted by Gasteiger charge is -2.14. The summed E-state index contributed by atoms with van der Waals surface area (Å²) in [6, 6.07) is 24.1. The van der Waals surface area contributed by atoms with E-state index in [9.17, 15) is 14.9 Å². The molecule has 3 aromatic carbocycles. The first-order chi connectivity index (χ1) is 18.9. The Morgan fingerprint density at radius 3 is 2.46 bits per heavy atom. The largest absolute Gasteiger partial charge is 0.369 e. The SMILES string of the molecule is C=C(C)c1cn(-c2ccccc2C#N)c(=O)c2ccc(-n3nc(COCc4ccccc4)n(CC)c3=O)cc12. The first-order valence-electron chi connectivity index (χ1n) is 12.6. The number of para-hydroxylation sites is 1. The zero-order valence-electron chi connectivity index (χ0n) is 21.8. The van der Waals surface area contributed by atoms with E-state index >= 15 is 0 Å². The Hall–Kier alpha value is -5.00. The van der Waals surface area contributed by atoms with Crippen LogP contribution < -0.4 is 11.2 Å². The van der Waals surface area contributed by atoms with Gasteiger partial charge in [-0.1, -0.05) is 49.0 Å². The predicted molar refractivity (Wildman–Crippen MR) is 151 cm³/mol. The molecule has 0 unspecified atom stereocenters. The van der Waals surface area contributed by atoms with E-state index in [0.717, 1.165) is 16.7 Å². The highest BCUT2D eigenvalue weighted by atomic mass is 16.5. The van der Waals surface area contributed by atoms with E-state index in [0.29, 0.717) is 46.7 Å². The predicted octanol–water partition coefficient (Wildman–Crippen LogP) is 4.98. The second kappa shape index (κ2) is 10.8. The minimum absolute atomic E-state index is 0.179. The number of rotatable bonds is 8. The lowest BCUT2D eigenvalue weighted by molar-refractivity contribution is 0.0989. The minimum atomic E-state index is -0.289. The van der Waals surface area contributed by atoms with E-state index in [1.54, 1.807) is 53.2 Å². The lowest BCUT2D eigenvalue weighted by Crippen LogP contribution is -2.24. The maximum Gasteiger partial charge on any atom is 0.350 e. The standard InChI is InChI=1S/C31H27N5O3/c1-4-34-29(20-39-19-22-10-6-5-7-11-22)33-36(31(34)38)24-14-15-25-26(16-24)27(21(2)3)18-35(30(25)37)28-13-9-8-12-23(28)17-32/h5-16,18H,2,4,19-20H2,1,3H3. The van der Waals surface area contributed by atoms with Crippen LogP contribution in [0.5, 0.6) is 0 Å². The molecule has 0 bridgehead atoms. The zero-order valence-corrected chi connectivity index (χ0v) is 21.8. The van der Waals surface area contributed by atoms with Crippen LogP contribution in [0.25, 0.3) is 27.7 Å². The van der Waals surface area contributed by atoms with Crippen LogP contribution in [0.4, 0.5) is 0 Å². The van der Waals surface area contributed by atoms with Gasteiger partial charge in [-0.25, -0.2) is 4.79 Å². The molecule has 8 heteroatoms. The molecule has 0 spiro atoms. The van der Waals surface area contributed by atoms with Gasteiger partial charge in [-0.15, -0.1) is 5.10 Å². The fourth-order valence-corrected chi connectivity index (χ4v) is 4.62. The summed E-state index contributed by atoms with van der Waals surface area (Å²) in [5, 5.41) is 15.2. The molecule has 0 aliphatic heterocycles. The Bertz CT molecular complexity index is 1860. The number of hydrogen-bond acceptors (Lipinski definition) is 5. The van der Waals surface area contributed by atoms with Crippen molar-refractivity contribution in [3.05, 3.63) is 129 Å². The minimum Gasteiger partial charge on any atom is -0.369 e. The average Bonchev–Trinajstić information content (AvgIpc) is 3.28. The molecule has 0 atom stereocenters. The van der Waals surface area contributed by atoms with Crippen molar-refractivity contribution in [1.29, 1.82) is 5.26 Å². The third kappa shape index (κ3) is 4.83. The van der Waals surface area contributed by atoms with Gasteiger partial charge in [-0.05, 0) is 60.7 Å². The number of ether oxygens (including phenoxy) is 1. The third-order valence-electron chi connectivity index (χ3n) is 6.59. The molecule has 39 heavy (non-hydrogen) atoms. The van der Waals surface area contributed by atoms with Crippen molar-refractivity contribution in [3.8, 4) is 17.4 Å². The summed E-state index contributed by atoms with van der Waals surface area (Å²) in [6.07, 6.45) is 1.70. The Morgan fingerprint density at radius 2 is 1.74 bits per heavy atom. The lowest BCUT2D eigenvalue weighted by atomic mass is 10.0. The van der Waals surface area contributed by atoms with Crippen molar-refractivity contribution >= 4 is 16.3 Å². The first-order valence-corrected chi connectivity index (χ1v) is 12.6. The van der Waals surface area contributed by atoms with E-state index in [2.05, 4.69) is 17.7 Å². The van der Waals surface area contributed by atoms with E-state index in [4.69, 9.17) is 4.74 Å². The fourth-order valence-electron chi connectivity index (χ4n) is 4.62. The quantitative estimate of drug-likeness (QED) is 0.289. The van der Waals surface area contributed by atoms with Crippen molar-refractivity contribution in [2.24, 2.45) is 0 Å². The normalized spacial score (nSPS) is 11.0. The molecule has 0 N–H and O–H groups in total. The maximum absolute atomic E-state index is 13.5. The summed E-state index contributed by atoms with van der Waals surface area (Å²) in [7, 11) is 0. The monoisotopic (exact) mass is 517 g/mol. The third-order valence-corrected chi connectivity index (χ3v) is 6.59. The Labute approximate surface area is 225 Å². The smallest absolute Gasteiger partial charge is 0.350 e. The number of aromatic nitrogens is 4. The first kappa shape index (κ1) is 25.6. The summed E-state index contributed by atoms with van der Waals surface area (Å²) in [5.74, 6) is 0.516. The number of nitriles is 1. The van der Waals surface area contributed by atoms with Gasteiger partial charge in [-0.3, -0.25) is 13.9 Å². The number of allylic oxidation sites excluding steroid dienone is 1. The van der Waals surface area contributed by atoms with Crippen LogP contribution in [-0.4, -0.2) is 18.9 Å². The van der Waals surface area contributed by atoms with Gasteiger partial charge in [-0.2, -0.15) is 9.94 Å². The Balaban J connectivity index is 1.58. The second-order valence-corrected chi connectivity index (χ2v) is 9.19. The topological polar surface area (TPSA) is 94.8 Å². The van der Waals surface area contributed by atoms with Crippen molar-refractivity contribution in [2.45, 2.75) is 33.6 Å². The van der Waals surface area contributed by atoms with Crippen molar-refractivity contribution < 1.29 is 4.74 Å². The molecule has 194 valence electrons. The second-order valence-electron chi connectivity index (χ2n) is 9.19. The number of nitrogens with zero attached hydrogens (tertiary/aromatic N) is 5. The van der Waals surface area contributed by atoms with Crippen molar-refractivity contribution in [3.63, 3.8) is 0 Å². The molecule has 0 saturated carbocycles. The van der Waals surface area contributed by atoms with Gasteiger partial charge in [0.05, 0.1) is 23.5 Å². The van der Waals surface area contributed by atoms with E-state index < -0.39 is 0 Å². The van der Waals surface area contributed by atoms with Crippen LogP contribution >= 0.6 is 0 Å². The summed E-state index contributed by atoms with van der Waals surface area (Å²) in [6.45, 7) is 8.87. The van der Waals surface area contributed by atoms with Crippen LogP contribution in [-0.2, 0) is 24.5 Å². The van der Waals surface area contributed by atoms with Crippen LogP contribution in [0.1, 0.15) is 36.4 Å². The molecule has 0 aliphatic carbocycles. The Kier molecular flexibility index (Phi) is 7.08. The highest BCUT2D eigenvalue weighted by Gasteiger charge is 2.17. The van der Waals surface area contributed by atoms with Gasteiger partial charge in [0, 0.05) is 23.7 Å². The van der Waals surface area contributed by atoms with Crippen LogP contribution in [0.15, 0.2) is 95.2 Å². The molecule has 0 amide bonds. The van der Waals surface area contributed by atoms with E-state index in [1.807, 2.05) is 44.2 Å². The molecule has 0 radical (unpaired) electrons. The summed E-state index contributed by atoms with van der Waals surface area (Å²) < 4.78 is 10.2.